The molecule has 158 valence electrons. The van der Waals surface area contributed by atoms with Crippen molar-refractivity contribution < 1.29 is 28.0 Å². The summed E-state index contributed by atoms with van der Waals surface area (Å²) < 4.78 is 33.7. The first-order valence-corrected chi connectivity index (χ1v) is 10.1. The SMILES string of the molecule is O=C(O)c1ccccc1N=N/C(=N/Nc1cc(S(=O)(=O)[O-])ccc1O)c1ccccc1. The van der Waals surface area contributed by atoms with Gasteiger partial charge in [-0.25, -0.2) is 13.2 Å². The van der Waals surface area contributed by atoms with E-state index in [0.717, 1.165) is 18.2 Å². The average Bonchev–Trinajstić information content (AvgIpc) is 2.75. The second-order valence-corrected chi connectivity index (χ2v) is 7.45. The molecule has 0 aliphatic carbocycles. The van der Waals surface area contributed by atoms with Crippen molar-refractivity contribution in [2.45, 2.75) is 4.90 Å². The third-order valence-corrected chi connectivity index (χ3v) is 4.79. The summed E-state index contributed by atoms with van der Waals surface area (Å²) in [6.45, 7) is 0. The predicted molar refractivity (Wildman–Crippen MR) is 111 cm³/mol. The molecule has 0 spiro atoms. The number of rotatable bonds is 6. The van der Waals surface area contributed by atoms with Crippen molar-refractivity contribution >= 4 is 33.3 Å². The van der Waals surface area contributed by atoms with Gasteiger partial charge in [-0.3, -0.25) is 5.43 Å². The van der Waals surface area contributed by atoms with Crippen LogP contribution in [0.3, 0.4) is 0 Å². The van der Waals surface area contributed by atoms with E-state index in [1.165, 1.54) is 12.1 Å². The molecule has 11 heteroatoms. The lowest BCUT2D eigenvalue weighted by molar-refractivity contribution is 0.0697. The molecule has 10 nitrogen and oxygen atoms in total. The number of carboxylic acid groups (broad SMARTS) is 1. The van der Waals surface area contributed by atoms with E-state index >= 15 is 0 Å². The Morgan fingerprint density at radius 1 is 0.968 bits per heavy atom. The van der Waals surface area contributed by atoms with Crippen molar-refractivity contribution in [2.24, 2.45) is 15.3 Å². The Morgan fingerprint density at radius 2 is 1.65 bits per heavy atom. The van der Waals surface area contributed by atoms with Gasteiger partial charge in [0, 0.05) is 5.56 Å². The summed E-state index contributed by atoms with van der Waals surface area (Å²) in [6, 6.07) is 17.5. The quantitative estimate of drug-likeness (QED) is 0.132. The van der Waals surface area contributed by atoms with Gasteiger partial charge in [-0.15, -0.1) is 10.2 Å². The number of benzene rings is 3. The van der Waals surface area contributed by atoms with Crippen LogP contribution in [0.4, 0.5) is 11.4 Å². The first-order valence-electron chi connectivity index (χ1n) is 8.68. The molecule has 0 aliphatic rings. The molecule has 0 fully saturated rings. The monoisotopic (exact) mass is 439 g/mol. The van der Waals surface area contributed by atoms with Gasteiger partial charge in [0.15, 0.2) is 0 Å². The number of aromatic hydroxyl groups is 1. The van der Waals surface area contributed by atoms with Crippen molar-refractivity contribution in [3.63, 3.8) is 0 Å². The maximum absolute atomic E-state index is 11.4. The first-order chi connectivity index (χ1) is 14.8. The lowest BCUT2D eigenvalue weighted by Crippen LogP contribution is -2.03. The van der Waals surface area contributed by atoms with Crippen LogP contribution in [0, 0.1) is 0 Å². The van der Waals surface area contributed by atoms with E-state index < -0.39 is 21.0 Å². The molecule has 0 bridgehead atoms. The van der Waals surface area contributed by atoms with Gasteiger partial charge < -0.3 is 14.8 Å². The Kier molecular flexibility index (Phi) is 6.38. The zero-order valence-electron chi connectivity index (χ0n) is 15.7. The molecule has 3 N–H and O–H groups in total. The molecule has 0 atom stereocenters. The van der Waals surface area contributed by atoms with Gasteiger partial charge in [-0.1, -0.05) is 42.5 Å². The molecule has 0 heterocycles. The largest absolute Gasteiger partial charge is 0.744 e. The molecular weight excluding hydrogens is 424 g/mol. The average molecular weight is 439 g/mol. The standard InChI is InChI=1S/C20H16N4O6S/c25-18-11-10-14(31(28,29)30)12-17(18)22-24-19(13-6-2-1-3-7-13)23-21-16-9-5-4-8-15(16)20(26)27/h1-12,22,25H,(H,26,27)(H,28,29,30)/p-1/b23-21?,24-19+. The summed E-state index contributed by atoms with van der Waals surface area (Å²) in [7, 11) is -4.74. The van der Waals surface area contributed by atoms with Gasteiger partial charge in [-0.05, 0) is 30.3 Å². The Morgan fingerprint density at radius 3 is 2.32 bits per heavy atom. The number of hydrogen-bond acceptors (Lipinski definition) is 8. The summed E-state index contributed by atoms with van der Waals surface area (Å²) in [5.74, 6) is -1.52. The van der Waals surface area contributed by atoms with Crippen LogP contribution in [0.5, 0.6) is 5.75 Å². The highest BCUT2D eigenvalue weighted by Crippen LogP contribution is 2.26. The number of azo groups is 1. The molecule has 3 aromatic carbocycles. The van der Waals surface area contributed by atoms with Gasteiger partial charge in [0.1, 0.15) is 21.6 Å². The molecule has 0 aromatic heterocycles. The highest BCUT2D eigenvalue weighted by Gasteiger charge is 2.10. The second kappa shape index (κ2) is 9.15. The second-order valence-electron chi connectivity index (χ2n) is 6.07. The van der Waals surface area contributed by atoms with Gasteiger partial charge in [0.2, 0.25) is 5.84 Å². The van der Waals surface area contributed by atoms with Crippen LogP contribution in [-0.4, -0.2) is 35.0 Å². The van der Waals surface area contributed by atoms with Crippen LogP contribution in [0.1, 0.15) is 15.9 Å². The van der Waals surface area contributed by atoms with E-state index in [0.29, 0.717) is 5.56 Å². The summed E-state index contributed by atoms with van der Waals surface area (Å²) in [5, 5.41) is 31.2. The molecule has 0 aliphatic heterocycles. The van der Waals surface area contributed by atoms with E-state index in [1.54, 1.807) is 42.5 Å². The maximum atomic E-state index is 11.4. The number of anilines is 1. The minimum absolute atomic E-state index is 0.00979. The number of nitrogens with one attached hydrogen (secondary N) is 1. The Hall–Kier alpha value is -4.09. The summed E-state index contributed by atoms with van der Waals surface area (Å²) in [5.41, 5.74) is 2.85. The number of aromatic carboxylic acids is 1. The number of amidine groups is 1. The third kappa shape index (κ3) is 5.50. The number of carbonyl (C=O) groups is 1. The lowest BCUT2D eigenvalue weighted by atomic mass is 10.2. The fraction of sp³-hybridized carbons (Fsp3) is 0. The van der Waals surface area contributed by atoms with Crippen LogP contribution >= 0.6 is 0 Å². The Bertz CT molecular complexity index is 1270. The first kappa shape index (κ1) is 21.6. The molecular formula is C20H15N4O6S-. The van der Waals surface area contributed by atoms with Crippen LogP contribution in [0.2, 0.25) is 0 Å². The fourth-order valence-corrected chi connectivity index (χ4v) is 2.95. The summed E-state index contributed by atoms with van der Waals surface area (Å²) in [4.78, 5) is 10.8. The molecule has 31 heavy (non-hydrogen) atoms. The topological polar surface area (TPSA) is 164 Å². The normalized spacial score (nSPS) is 12.1. The van der Waals surface area contributed by atoms with Crippen molar-refractivity contribution in [3.05, 3.63) is 83.9 Å². The predicted octanol–water partition coefficient (Wildman–Crippen LogP) is 3.55. The Balaban J connectivity index is 2.00. The summed E-state index contributed by atoms with van der Waals surface area (Å²) >= 11 is 0. The van der Waals surface area contributed by atoms with Crippen LogP contribution in [-0.2, 0) is 10.1 Å². The van der Waals surface area contributed by atoms with E-state index in [1.807, 2.05) is 0 Å². The molecule has 0 saturated carbocycles. The highest BCUT2D eigenvalue weighted by molar-refractivity contribution is 7.85. The van der Waals surface area contributed by atoms with E-state index in [-0.39, 0.29) is 28.5 Å². The molecule has 3 rings (SSSR count). The molecule has 0 radical (unpaired) electrons. The van der Waals surface area contributed by atoms with Gasteiger partial charge >= 0.3 is 5.97 Å². The molecule has 0 amide bonds. The molecule has 0 saturated heterocycles. The smallest absolute Gasteiger partial charge is 0.337 e. The number of phenolic OH excluding ortho intramolecular Hbond substituents is 1. The van der Waals surface area contributed by atoms with E-state index in [2.05, 4.69) is 20.8 Å². The van der Waals surface area contributed by atoms with E-state index in [4.69, 9.17) is 0 Å². The van der Waals surface area contributed by atoms with Crippen molar-refractivity contribution in [1.29, 1.82) is 0 Å². The minimum Gasteiger partial charge on any atom is -0.744 e. The molecule has 0 unspecified atom stereocenters. The van der Waals surface area contributed by atoms with Crippen molar-refractivity contribution in [1.82, 2.24) is 0 Å². The van der Waals surface area contributed by atoms with Crippen LogP contribution < -0.4 is 5.43 Å². The molecule has 3 aromatic rings. The van der Waals surface area contributed by atoms with Gasteiger partial charge in [0.05, 0.1) is 16.1 Å². The number of carboxylic acids is 1. The third-order valence-electron chi connectivity index (χ3n) is 3.96. The van der Waals surface area contributed by atoms with Crippen molar-refractivity contribution in [3.8, 4) is 5.75 Å². The zero-order chi connectivity index (χ0) is 22.4. The lowest BCUT2D eigenvalue weighted by Gasteiger charge is -2.10. The van der Waals surface area contributed by atoms with Crippen LogP contribution in [0.25, 0.3) is 0 Å². The Labute approximate surface area is 177 Å². The zero-order valence-corrected chi connectivity index (χ0v) is 16.5. The summed E-state index contributed by atoms with van der Waals surface area (Å²) in [6.07, 6.45) is 0. The van der Waals surface area contributed by atoms with Gasteiger partial charge in [-0.2, -0.15) is 5.10 Å². The fourth-order valence-electron chi connectivity index (χ4n) is 2.45. The number of phenols is 1. The van der Waals surface area contributed by atoms with Crippen molar-refractivity contribution in [2.75, 3.05) is 5.43 Å². The number of hydrazone groups is 1. The number of hydrogen-bond donors (Lipinski definition) is 3. The van der Waals surface area contributed by atoms with Gasteiger partial charge in [0.25, 0.3) is 0 Å². The highest BCUT2D eigenvalue weighted by atomic mass is 32.2. The minimum atomic E-state index is -4.74. The van der Waals surface area contributed by atoms with Crippen LogP contribution in [0.15, 0.2) is 93.0 Å². The number of nitrogens with zero attached hydrogens (tertiary/aromatic N) is 3. The maximum Gasteiger partial charge on any atom is 0.337 e. The van der Waals surface area contributed by atoms with E-state index in [9.17, 15) is 28.0 Å².